The van der Waals surface area contributed by atoms with E-state index >= 15 is 0 Å². The summed E-state index contributed by atoms with van der Waals surface area (Å²) in [6.45, 7) is 0. The second-order valence-corrected chi connectivity index (χ2v) is 10.2. The van der Waals surface area contributed by atoms with E-state index in [0.29, 0.717) is 20.1 Å². The standard InChI is InChI=1S/C23H14Cl3N3S2/c24-15-11-10-14(18(25)12-15)13-30-23-28-27-22(29(23)16-6-2-1-3-7-16)20-17-8-4-5-9-19(17)31-21(20)26/h1-12H,13H2. The van der Waals surface area contributed by atoms with Crippen LogP contribution in [0.4, 0.5) is 0 Å². The fourth-order valence-electron chi connectivity index (χ4n) is 3.34. The molecule has 0 fully saturated rings. The van der Waals surface area contributed by atoms with Crippen molar-refractivity contribution in [3.05, 3.63) is 92.7 Å². The van der Waals surface area contributed by atoms with Crippen molar-refractivity contribution in [2.75, 3.05) is 0 Å². The average Bonchev–Trinajstić information content (AvgIpc) is 3.33. The predicted octanol–water partition coefficient (Wildman–Crippen LogP) is 8.40. The molecule has 8 heteroatoms. The summed E-state index contributed by atoms with van der Waals surface area (Å²) >= 11 is 22.2. The van der Waals surface area contributed by atoms with Crippen LogP contribution in [-0.2, 0) is 5.75 Å². The zero-order valence-corrected chi connectivity index (χ0v) is 19.8. The maximum absolute atomic E-state index is 6.68. The van der Waals surface area contributed by atoms with Gasteiger partial charge < -0.3 is 0 Å². The van der Waals surface area contributed by atoms with Gasteiger partial charge in [0.25, 0.3) is 0 Å². The number of hydrogen-bond acceptors (Lipinski definition) is 4. The lowest BCUT2D eigenvalue weighted by molar-refractivity contribution is 0.886. The van der Waals surface area contributed by atoms with Crippen molar-refractivity contribution in [3.63, 3.8) is 0 Å². The van der Waals surface area contributed by atoms with Crippen LogP contribution in [0.2, 0.25) is 14.4 Å². The lowest BCUT2D eigenvalue weighted by Gasteiger charge is -2.11. The molecule has 0 saturated carbocycles. The molecule has 0 aliphatic heterocycles. The Morgan fingerprint density at radius 3 is 2.45 bits per heavy atom. The molecule has 0 aliphatic carbocycles. The van der Waals surface area contributed by atoms with Crippen molar-refractivity contribution < 1.29 is 0 Å². The van der Waals surface area contributed by atoms with Gasteiger partial charge in [-0.25, -0.2) is 0 Å². The van der Waals surface area contributed by atoms with Crippen molar-refractivity contribution in [2.45, 2.75) is 10.9 Å². The van der Waals surface area contributed by atoms with Gasteiger partial charge in [-0.3, -0.25) is 4.57 Å². The number of fused-ring (bicyclic) bond motifs is 1. The molecule has 31 heavy (non-hydrogen) atoms. The van der Waals surface area contributed by atoms with Crippen molar-refractivity contribution in [2.24, 2.45) is 0 Å². The van der Waals surface area contributed by atoms with Crippen LogP contribution in [0.3, 0.4) is 0 Å². The fraction of sp³-hybridized carbons (Fsp3) is 0.0435. The first-order valence-corrected chi connectivity index (χ1v) is 12.3. The van der Waals surface area contributed by atoms with E-state index < -0.39 is 0 Å². The summed E-state index contributed by atoms with van der Waals surface area (Å²) < 4.78 is 3.87. The van der Waals surface area contributed by atoms with Crippen LogP contribution in [0.1, 0.15) is 5.56 Å². The van der Waals surface area contributed by atoms with Crippen molar-refractivity contribution >= 4 is 68.0 Å². The molecular weight excluding hydrogens is 489 g/mol. The first kappa shape index (κ1) is 20.9. The molecule has 3 nitrogen and oxygen atoms in total. The number of rotatable bonds is 5. The van der Waals surface area contributed by atoms with Gasteiger partial charge in [0, 0.05) is 31.6 Å². The van der Waals surface area contributed by atoms with E-state index in [4.69, 9.17) is 34.8 Å². The highest BCUT2D eigenvalue weighted by atomic mass is 35.5. The number of benzene rings is 3. The third kappa shape index (κ3) is 4.09. The Morgan fingerprint density at radius 2 is 1.65 bits per heavy atom. The number of hydrogen-bond donors (Lipinski definition) is 0. The minimum Gasteiger partial charge on any atom is -0.270 e. The first-order valence-electron chi connectivity index (χ1n) is 9.37. The Bertz CT molecular complexity index is 1380. The van der Waals surface area contributed by atoms with Crippen LogP contribution in [-0.4, -0.2) is 14.8 Å². The van der Waals surface area contributed by atoms with Crippen LogP contribution in [0.5, 0.6) is 0 Å². The zero-order valence-electron chi connectivity index (χ0n) is 15.9. The predicted molar refractivity (Wildman–Crippen MR) is 133 cm³/mol. The minimum absolute atomic E-state index is 0.618. The Labute approximate surface area is 202 Å². The van der Waals surface area contributed by atoms with Gasteiger partial charge in [-0.05, 0) is 35.9 Å². The molecule has 5 rings (SSSR count). The van der Waals surface area contributed by atoms with Crippen LogP contribution in [0.25, 0.3) is 27.2 Å². The Hall–Kier alpha value is -2.02. The summed E-state index contributed by atoms with van der Waals surface area (Å²) in [5.74, 6) is 1.36. The average molecular weight is 503 g/mol. The highest BCUT2D eigenvalue weighted by Gasteiger charge is 2.22. The van der Waals surface area contributed by atoms with Gasteiger partial charge in [0.2, 0.25) is 0 Å². The van der Waals surface area contributed by atoms with Crippen LogP contribution < -0.4 is 0 Å². The van der Waals surface area contributed by atoms with Crippen LogP contribution >= 0.6 is 57.9 Å². The first-order chi connectivity index (χ1) is 15.1. The Morgan fingerprint density at radius 1 is 0.871 bits per heavy atom. The third-order valence-electron chi connectivity index (χ3n) is 4.80. The summed E-state index contributed by atoms with van der Waals surface area (Å²) in [7, 11) is 0. The lowest BCUT2D eigenvalue weighted by atomic mass is 10.1. The van der Waals surface area contributed by atoms with Gasteiger partial charge in [-0.1, -0.05) is 89.0 Å². The van der Waals surface area contributed by atoms with Gasteiger partial charge in [-0.15, -0.1) is 21.5 Å². The molecule has 0 amide bonds. The molecule has 5 aromatic rings. The molecule has 0 saturated heterocycles. The SMILES string of the molecule is Clc1ccc(CSc2nnc(-c3c(Cl)sc4ccccc34)n2-c2ccccc2)c(Cl)c1. The normalized spacial score (nSPS) is 11.3. The van der Waals surface area contributed by atoms with E-state index in [1.165, 1.54) is 0 Å². The molecule has 154 valence electrons. The molecule has 0 radical (unpaired) electrons. The highest BCUT2D eigenvalue weighted by molar-refractivity contribution is 7.98. The fourth-order valence-corrected chi connectivity index (χ4v) is 6.21. The molecule has 2 aromatic heterocycles. The second kappa shape index (κ2) is 8.85. The third-order valence-corrected chi connectivity index (χ3v) is 7.74. The summed E-state index contributed by atoms with van der Waals surface area (Å²) in [6.07, 6.45) is 0. The van der Waals surface area contributed by atoms with Gasteiger partial charge in [0.15, 0.2) is 11.0 Å². The highest BCUT2D eigenvalue weighted by Crippen LogP contribution is 2.43. The number of halogens is 3. The topological polar surface area (TPSA) is 30.7 Å². The molecule has 2 heterocycles. The van der Waals surface area contributed by atoms with Crippen molar-refractivity contribution in [1.29, 1.82) is 0 Å². The summed E-state index contributed by atoms with van der Waals surface area (Å²) in [6, 6.07) is 23.7. The Kier molecular flexibility index (Phi) is 5.95. The van der Waals surface area contributed by atoms with Gasteiger partial charge in [-0.2, -0.15) is 0 Å². The largest absolute Gasteiger partial charge is 0.270 e. The molecule has 0 aliphatic rings. The maximum Gasteiger partial charge on any atom is 0.196 e. The van der Waals surface area contributed by atoms with E-state index in [9.17, 15) is 0 Å². The number of thiophene rings is 1. The number of aromatic nitrogens is 3. The van der Waals surface area contributed by atoms with Gasteiger partial charge in [0.05, 0.1) is 5.56 Å². The zero-order chi connectivity index (χ0) is 21.4. The summed E-state index contributed by atoms with van der Waals surface area (Å²) in [4.78, 5) is 0. The van der Waals surface area contributed by atoms with E-state index in [1.54, 1.807) is 29.2 Å². The van der Waals surface area contributed by atoms with Crippen molar-refractivity contribution in [3.8, 4) is 17.1 Å². The van der Waals surface area contributed by atoms with E-state index in [1.807, 2.05) is 54.6 Å². The summed E-state index contributed by atoms with van der Waals surface area (Å²) in [5.41, 5.74) is 2.85. The quantitative estimate of drug-likeness (QED) is 0.226. The van der Waals surface area contributed by atoms with Crippen LogP contribution in [0, 0.1) is 0 Å². The van der Waals surface area contributed by atoms with E-state index in [2.05, 4.69) is 26.9 Å². The lowest BCUT2D eigenvalue weighted by Crippen LogP contribution is -1.99. The van der Waals surface area contributed by atoms with Crippen LogP contribution in [0.15, 0.2) is 78.0 Å². The molecular formula is C23H14Cl3N3S2. The summed E-state index contributed by atoms with van der Waals surface area (Å²) in [5, 5.41) is 12.2. The number of para-hydroxylation sites is 1. The number of nitrogens with zero attached hydrogens (tertiary/aromatic N) is 3. The molecule has 0 N–H and O–H groups in total. The maximum atomic E-state index is 6.68. The Balaban J connectivity index is 1.62. The molecule has 0 bridgehead atoms. The minimum atomic E-state index is 0.618. The second-order valence-electron chi connectivity index (χ2n) is 6.75. The molecule has 3 aromatic carbocycles. The van der Waals surface area contributed by atoms with Gasteiger partial charge >= 0.3 is 0 Å². The molecule has 0 spiro atoms. The smallest absolute Gasteiger partial charge is 0.196 e. The van der Waals surface area contributed by atoms with Gasteiger partial charge in [0.1, 0.15) is 4.34 Å². The van der Waals surface area contributed by atoms with E-state index in [-0.39, 0.29) is 0 Å². The number of thioether (sulfide) groups is 1. The van der Waals surface area contributed by atoms with Crippen molar-refractivity contribution in [1.82, 2.24) is 14.8 Å². The van der Waals surface area contributed by atoms with E-state index in [0.717, 1.165) is 37.9 Å². The monoisotopic (exact) mass is 501 g/mol. The molecule has 0 atom stereocenters. The molecule has 0 unspecified atom stereocenters.